The summed E-state index contributed by atoms with van der Waals surface area (Å²) >= 11 is 0. The number of nitrogens with zero attached hydrogens (tertiary/aromatic N) is 6. The molecule has 1 saturated heterocycles. The van der Waals surface area contributed by atoms with Crippen molar-refractivity contribution in [2.75, 3.05) is 44.0 Å². The second-order valence-corrected chi connectivity index (χ2v) is 14.6. The van der Waals surface area contributed by atoms with Crippen LogP contribution < -0.4 is 10.2 Å². The molecule has 3 heterocycles. The van der Waals surface area contributed by atoms with Crippen molar-refractivity contribution in [3.63, 3.8) is 0 Å². The number of carbonyl (C=O) groups is 1. The number of hydrogen-bond acceptors (Lipinski definition) is 8. The zero-order chi connectivity index (χ0) is 33.8. The Balaban J connectivity index is 1.33. The summed E-state index contributed by atoms with van der Waals surface area (Å²) in [6.45, 7) is 7.61. The number of aromatic nitrogens is 4. The average molecular weight is 660 g/mol. The summed E-state index contributed by atoms with van der Waals surface area (Å²) in [5, 5.41) is 8.46. The van der Waals surface area contributed by atoms with Crippen LogP contribution in [0.1, 0.15) is 99.6 Å². The standard InChI is InChI=1S/C38H54FN7O2/c1-6-35(26-13-15-27(16-14-26)37(47)48-5)45(4)38-42-33-18-17-28(30-11-7-8-12-32(30)39)20-31(33)36(43-38)41-34(29-21-40-44(3)23-29)24-46-19-9-10-25(2)22-46/h7-8,11-12,21,23,25-28,34-35H,6,9-10,13-20,22,24H2,1-5H3,(H,41,42,43)/t25-,26?,27?,28?,34-,35+/m0/s1. The van der Waals surface area contributed by atoms with Crippen molar-refractivity contribution in [2.24, 2.45) is 24.8 Å². The molecular weight excluding hydrogens is 605 g/mol. The van der Waals surface area contributed by atoms with Crippen LogP contribution in [0.15, 0.2) is 36.7 Å². The van der Waals surface area contributed by atoms with Crippen molar-refractivity contribution in [1.82, 2.24) is 24.6 Å². The van der Waals surface area contributed by atoms with Crippen molar-refractivity contribution in [2.45, 2.75) is 96.1 Å². The number of esters is 1. The van der Waals surface area contributed by atoms with E-state index in [0.29, 0.717) is 18.3 Å². The maximum Gasteiger partial charge on any atom is 0.308 e. The highest BCUT2D eigenvalue weighted by Gasteiger charge is 2.35. The normalized spacial score (nSPS) is 24.4. The van der Waals surface area contributed by atoms with Gasteiger partial charge in [-0.2, -0.15) is 10.1 Å². The molecule has 1 aliphatic heterocycles. The van der Waals surface area contributed by atoms with E-state index in [2.05, 4.69) is 47.3 Å². The van der Waals surface area contributed by atoms with Crippen LogP contribution in [0.5, 0.6) is 0 Å². The summed E-state index contributed by atoms with van der Waals surface area (Å²) in [5.41, 5.74) is 4.06. The molecule has 0 spiro atoms. The number of anilines is 2. The molecule has 48 heavy (non-hydrogen) atoms. The minimum Gasteiger partial charge on any atom is -0.469 e. The minimum atomic E-state index is -0.141. The van der Waals surface area contributed by atoms with E-state index in [1.807, 2.05) is 30.1 Å². The number of rotatable bonds is 11. The lowest BCUT2D eigenvalue weighted by Crippen LogP contribution is -2.41. The zero-order valence-corrected chi connectivity index (χ0v) is 29.5. The van der Waals surface area contributed by atoms with Crippen molar-refractivity contribution in [3.8, 4) is 0 Å². The fourth-order valence-electron chi connectivity index (χ4n) is 8.66. The second kappa shape index (κ2) is 15.3. The molecule has 9 nitrogen and oxygen atoms in total. The maximum absolute atomic E-state index is 15.0. The van der Waals surface area contributed by atoms with Gasteiger partial charge >= 0.3 is 5.97 Å². The monoisotopic (exact) mass is 659 g/mol. The first-order chi connectivity index (χ1) is 23.2. The Morgan fingerprint density at radius 3 is 2.62 bits per heavy atom. The Labute approximate surface area is 285 Å². The SMILES string of the molecule is CC[C@H](C1CCC(C(=O)OC)CC1)N(C)c1nc2c(c(N[C@@H](CN3CCC[C@H](C)C3)c3cnn(C)c3)n1)CC(c1ccccc1F)CC2. The van der Waals surface area contributed by atoms with Gasteiger partial charge in [-0.25, -0.2) is 9.37 Å². The lowest BCUT2D eigenvalue weighted by Gasteiger charge is -2.38. The van der Waals surface area contributed by atoms with Crippen LogP contribution in [0.3, 0.4) is 0 Å². The van der Waals surface area contributed by atoms with Crippen LogP contribution in [0, 0.1) is 23.6 Å². The quantitative estimate of drug-likeness (QED) is 0.228. The van der Waals surface area contributed by atoms with E-state index in [0.717, 1.165) is 98.7 Å². The number of nitrogens with one attached hydrogen (secondary N) is 1. The molecule has 3 aliphatic rings. The topological polar surface area (TPSA) is 88.4 Å². The first-order valence-electron chi connectivity index (χ1n) is 18.2. The van der Waals surface area contributed by atoms with E-state index in [1.165, 1.54) is 20.0 Å². The molecular formula is C38H54FN7O2. The predicted molar refractivity (Wildman–Crippen MR) is 188 cm³/mol. The first kappa shape index (κ1) is 34.3. The molecule has 0 bridgehead atoms. The molecule has 0 radical (unpaired) electrons. The molecule has 2 fully saturated rings. The van der Waals surface area contributed by atoms with Crippen LogP contribution in [0.25, 0.3) is 0 Å². The van der Waals surface area contributed by atoms with Crippen LogP contribution in [0.4, 0.5) is 16.2 Å². The largest absolute Gasteiger partial charge is 0.469 e. The summed E-state index contributed by atoms with van der Waals surface area (Å²) in [5.74, 6) is 2.56. The van der Waals surface area contributed by atoms with Gasteiger partial charge in [0.1, 0.15) is 11.6 Å². The third kappa shape index (κ3) is 7.69. The van der Waals surface area contributed by atoms with Gasteiger partial charge in [0.05, 0.1) is 31.0 Å². The molecule has 2 aromatic heterocycles. The third-order valence-electron chi connectivity index (χ3n) is 11.3. The van der Waals surface area contributed by atoms with Crippen LogP contribution in [-0.2, 0) is 29.4 Å². The highest BCUT2D eigenvalue weighted by atomic mass is 19.1. The zero-order valence-electron chi connectivity index (χ0n) is 29.5. The Morgan fingerprint density at radius 1 is 1.15 bits per heavy atom. The molecule has 1 unspecified atom stereocenters. The number of carbonyl (C=O) groups excluding carboxylic acids is 1. The number of hydrogen-bond donors (Lipinski definition) is 1. The number of halogens is 1. The Bertz CT molecular complexity index is 1540. The Hall–Kier alpha value is -3.53. The second-order valence-electron chi connectivity index (χ2n) is 14.6. The van der Waals surface area contributed by atoms with E-state index >= 15 is 4.39 Å². The van der Waals surface area contributed by atoms with E-state index in [9.17, 15) is 4.79 Å². The third-order valence-corrected chi connectivity index (χ3v) is 11.3. The summed E-state index contributed by atoms with van der Waals surface area (Å²) in [6.07, 6.45) is 13.5. The van der Waals surface area contributed by atoms with Gasteiger partial charge in [0.15, 0.2) is 0 Å². The number of piperidine rings is 1. The van der Waals surface area contributed by atoms with Crippen LogP contribution in [0.2, 0.25) is 0 Å². The predicted octanol–water partition coefficient (Wildman–Crippen LogP) is 6.70. The van der Waals surface area contributed by atoms with Gasteiger partial charge in [-0.3, -0.25) is 9.48 Å². The molecule has 2 aliphatic carbocycles. The first-order valence-corrected chi connectivity index (χ1v) is 18.2. The van der Waals surface area contributed by atoms with Gasteiger partial charge in [0, 0.05) is 50.6 Å². The van der Waals surface area contributed by atoms with Crippen molar-refractivity contribution in [1.29, 1.82) is 0 Å². The summed E-state index contributed by atoms with van der Waals surface area (Å²) in [4.78, 5) is 27.6. The average Bonchev–Trinajstić information content (AvgIpc) is 3.54. The van der Waals surface area contributed by atoms with Crippen molar-refractivity contribution >= 4 is 17.7 Å². The van der Waals surface area contributed by atoms with Crippen LogP contribution in [-0.4, -0.2) is 70.5 Å². The van der Waals surface area contributed by atoms with Gasteiger partial charge in [0.2, 0.25) is 5.95 Å². The number of likely N-dealkylation sites (tertiary alicyclic amines) is 1. The van der Waals surface area contributed by atoms with E-state index < -0.39 is 0 Å². The van der Waals surface area contributed by atoms with E-state index in [4.69, 9.17) is 14.7 Å². The molecule has 1 N–H and O–H groups in total. The summed E-state index contributed by atoms with van der Waals surface area (Å²) < 4.78 is 22.0. The van der Waals surface area contributed by atoms with Crippen molar-refractivity contribution in [3.05, 3.63) is 64.9 Å². The Kier molecular flexibility index (Phi) is 11.0. The smallest absolute Gasteiger partial charge is 0.308 e. The van der Waals surface area contributed by atoms with Crippen molar-refractivity contribution < 1.29 is 13.9 Å². The van der Waals surface area contributed by atoms with Gasteiger partial charge in [-0.05, 0) is 100 Å². The summed E-state index contributed by atoms with van der Waals surface area (Å²) in [6, 6.07) is 7.44. The molecule has 0 amide bonds. The molecule has 3 aromatic rings. The highest BCUT2D eigenvalue weighted by Crippen LogP contribution is 2.40. The molecule has 1 saturated carbocycles. The molecule has 6 rings (SSSR count). The number of aryl methyl sites for hydroxylation is 2. The van der Waals surface area contributed by atoms with Gasteiger partial charge in [-0.1, -0.05) is 32.0 Å². The van der Waals surface area contributed by atoms with Gasteiger partial charge in [0.25, 0.3) is 0 Å². The number of benzene rings is 1. The maximum atomic E-state index is 15.0. The highest BCUT2D eigenvalue weighted by molar-refractivity contribution is 5.72. The van der Waals surface area contributed by atoms with E-state index in [1.54, 1.807) is 12.1 Å². The molecule has 4 atom stereocenters. The number of fused-ring (bicyclic) bond motifs is 1. The number of ether oxygens (including phenoxy) is 1. The van der Waals surface area contributed by atoms with Crippen LogP contribution >= 0.6 is 0 Å². The fraction of sp³-hybridized carbons (Fsp3) is 0.632. The molecule has 1 aromatic carbocycles. The van der Waals surface area contributed by atoms with E-state index in [-0.39, 0.29) is 35.7 Å². The fourth-order valence-corrected chi connectivity index (χ4v) is 8.66. The minimum absolute atomic E-state index is 0.000409. The summed E-state index contributed by atoms with van der Waals surface area (Å²) in [7, 11) is 5.58. The number of methoxy groups -OCH3 is 1. The molecule has 260 valence electrons. The Morgan fingerprint density at radius 2 is 1.94 bits per heavy atom. The van der Waals surface area contributed by atoms with Gasteiger partial charge < -0.3 is 19.9 Å². The lowest BCUT2D eigenvalue weighted by atomic mass is 9.77. The molecule has 10 heteroatoms. The van der Waals surface area contributed by atoms with Gasteiger partial charge in [-0.15, -0.1) is 0 Å². The lowest BCUT2D eigenvalue weighted by molar-refractivity contribution is -0.146.